The van der Waals surface area contributed by atoms with Crippen LogP contribution in [0.25, 0.3) is 10.8 Å². The molecule has 0 aliphatic heterocycles. The Morgan fingerprint density at radius 2 is 1.79 bits per heavy atom. The molecule has 2 radical (unpaired) electrons. The quantitative estimate of drug-likeness (QED) is 0.681. The van der Waals surface area contributed by atoms with Crippen molar-refractivity contribution >= 4 is 46.0 Å². The summed E-state index contributed by atoms with van der Waals surface area (Å²) in [6.45, 7) is 5.27. The normalized spacial score (nSPS) is 12.0. The number of hydrogen-bond acceptors (Lipinski definition) is 5. The minimum Gasteiger partial charge on any atom is -0.444 e. The van der Waals surface area contributed by atoms with Gasteiger partial charge in [-0.25, -0.2) is 4.79 Å². The molecule has 0 saturated heterocycles. The zero-order valence-corrected chi connectivity index (χ0v) is 14.7. The fourth-order valence-electron chi connectivity index (χ4n) is 2.10. The molecule has 0 aliphatic carbocycles. The molecule has 8 heteroatoms. The van der Waals surface area contributed by atoms with Gasteiger partial charge in [0.15, 0.2) is 0 Å². The lowest BCUT2D eigenvalue weighted by Gasteiger charge is -2.20. The zero-order chi connectivity index (χ0) is 18.1. The molecule has 0 unspecified atom stereocenters. The van der Waals surface area contributed by atoms with Crippen LogP contribution in [0.2, 0.25) is 0 Å². The van der Waals surface area contributed by atoms with Crippen molar-refractivity contribution in [2.45, 2.75) is 26.4 Å². The van der Waals surface area contributed by atoms with Gasteiger partial charge in [-0.2, -0.15) is 8.42 Å². The van der Waals surface area contributed by atoms with Crippen molar-refractivity contribution in [1.82, 2.24) is 0 Å². The van der Waals surface area contributed by atoms with Crippen molar-refractivity contribution in [1.29, 1.82) is 0 Å². The van der Waals surface area contributed by atoms with E-state index in [-0.39, 0.29) is 5.75 Å². The molecule has 0 atom stereocenters. The van der Waals surface area contributed by atoms with E-state index in [1.54, 1.807) is 39.0 Å². The van der Waals surface area contributed by atoms with Crippen molar-refractivity contribution < 1.29 is 22.1 Å². The minimum absolute atomic E-state index is 0.128. The highest BCUT2D eigenvalue weighted by Crippen LogP contribution is 2.27. The molecule has 2 aromatic rings. The van der Waals surface area contributed by atoms with Crippen LogP contribution in [-0.2, 0) is 14.9 Å². The van der Waals surface area contributed by atoms with Gasteiger partial charge in [-0.1, -0.05) is 17.6 Å². The topological polar surface area (TPSA) is 81.7 Å². The molecule has 2 rings (SSSR count). The summed E-state index contributed by atoms with van der Waals surface area (Å²) in [7, 11) is 2.27. The lowest BCUT2D eigenvalue weighted by Crippen LogP contribution is -2.27. The van der Waals surface area contributed by atoms with Crippen molar-refractivity contribution in [2.24, 2.45) is 0 Å². The van der Waals surface area contributed by atoms with Gasteiger partial charge >= 0.3 is 16.2 Å². The first-order valence-corrected chi connectivity index (χ1v) is 8.98. The van der Waals surface area contributed by atoms with Gasteiger partial charge in [0, 0.05) is 5.39 Å². The number of hydrogen-bond donors (Lipinski definition) is 1. The maximum atomic E-state index is 12.0. The van der Waals surface area contributed by atoms with Crippen LogP contribution < -0.4 is 15.0 Å². The maximum Gasteiger partial charge on any atom is 0.412 e. The Balaban J connectivity index is 2.44. The number of nitrogens with one attached hydrogen (secondary N) is 1. The third-order valence-corrected chi connectivity index (χ3v) is 3.40. The Labute approximate surface area is 142 Å². The summed E-state index contributed by atoms with van der Waals surface area (Å²) in [6.07, 6.45) is 0.333. The third-order valence-electron chi connectivity index (χ3n) is 2.90. The number of carbonyl (C=O) groups is 1. The van der Waals surface area contributed by atoms with Gasteiger partial charge in [-0.15, -0.1) is 0 Å². The summed E-state index contributed by atoms with van der Waals surface area (Å²) in [5.74, 6) is 0.128. The molecule has 24 heavy (non-hydrogen) atoms. The first-order valence-electron chi connectivity index (χ1n) is 7.16. The highest BCUT2D eigenvalue weighted by molar-refractivity contribution is 7.86. The Bertz CT molecular complexity index is 887. The van der Waals surface area contributed by atoms with E-state index in [2.05, 4.69) is 5.32 Å². The van der Waals surface area contributed by atoms with Crippen molar-refractivity contribution in [3.05, 3.63) is 30.3 Å². The number of ether oxygens (including phenoxy) is 1. The molecule has 0 heterocycles. The monoisotopic (exact) mass is 347 g/mol. The van der Waals surface area contributed by atoms with E-state index in [0.717, 1.165) is 6.26 Å². The molecule has 0 spiro atoms. The molecule has 0 aliphatic rings. The van der Waals surface area contributed by atoms with Crippen LogP contribution in [0.1, 0.15) is 20.8 Å². The first kappa shape index (κ1) is 18.1. The van der Waals surface area contributed by atoms with E-state index >= 15 is 0 Å². The van der Waals surface area contributed by atoms with Crippen LogP contribution in [0.15, 0.2) is 30.3 Å². The molecular formula is C16H18BNO5S. The predicted octanol–water partition coefficient (Wildman–Crippen LogP) is 2.32. The van der Waals surface area contributed by atoms with Gasteiger partial charge < -0.3 is 8.92 Å². The molecule has 6 nitrogen and oxygen atoms in total. The van der Waals surface area contributed by atoms with Gasteiger partial charge in [0.2, 0.25) is 0 Å². The molecule has 126 valence electrons. The van der Waals surface area contributed by atoms with E-state index in [1.807, 2.05) is 0 Å². The smallest absolute Gasteiger partial charge is 0.412 e. The molecule has 2 aromatic carbocycles. The lowest BCUT2D eigenvalue weighted by atomic mass is 9.89. The SMILES string of the molecule is [B]c1ccc(NC(=O)OC(C)(C)C)c2cc(OS(C)(=O)=O)ccc12. The second kappa shape index (κ2) is 6.35. The Morgan fingerprint density at radius 1 is 1.12 bits per heavy atom. The van der Waals surface area contributed by atoms with Gasteiger partial charge in [-0.05, 0) is 44.4 Å². The molecule has 1 amide bonds. The van der Waals surface area contributed by atoms with Crippen LogP contribution in [0.4, 0.5) is 10.5 Å². The number of rotatable bonds is 3. The fourth-order valence-corrected chi connectivity index (χ4v) is 2.55. The average molecular weight is 347 g/mol. The van der Waals surface area contributed by atoms with Gasteiger partial charge in [0.25, 0.3) is 0 Å². The standard InChI is InChI=1S/C16H18BNO5S/c1-16(2,3)22-15(19)18-14-8-7-13(17)11-6-5-10(9-12(11)14)23-24(4,20)21/h5-9H,1-4H3,(H,18,19). The van der Waals surface area contributed by atoms with Gasteiger partial charge in [-0.3, -0.25) is 5.32 Å². The second-order valence-electron chi connectivity index (χ2n) is 6.32. The highest BCUT2D eigenvalue weighted by Gasteiger charge is 2.17. The lowest BCUT2D eigenvalue weighted by molar-refractivity contribution is 0.0636. The first-order chi connectivity index (χ1) is 10.9. The van der Waals surface area contributed by atoms with E-state index in [4.69, 9.17) is 16.8 Å². The van der Waals surface area contributed by atoms with Gasteiger partial charge in [0.1, 0.15) is 19.2 Å². The third kappa shape index (κ3) is 4.89. The minimum atomic E-state index is -3.66. The van der Waals surface area contributed by atoms with Crippen molar-refractivity contribution in [3.8, 4) is 5.75 Å². The number of amides is 1. The Morgan fingerprint density at radius 3 is 2.38 bits per heavy atom. The molecule has 0 fully saturated rings. The molecule has 0 aromatic heterocycles. The van der Waals surface area contributed by atoms with Crippen molar-refractivity contribution in [3.63, 3.8) is 0 Å². The van der Waals surface area contributed by atoms with E-state index in [9.17, 15) is 13.2 Å². The summed E-state index contributed by atoms with van der Waals surface area (Å²) >= 11 is 0. The summed E-state index contributed by atoms with van der Waals surface area (Å²) in [5.41, 5.74) is 0.288. The van der Waals surface area contributed by atoms with E-state index in [1.165, 1.54) is 12.1 Å². The van der Waals surface area contributed by atoms with Crippen LogP contribution in [0.5, 0.6) is 5.75 Å². The maximum absolute atomic E-state index is 12.0. The van der Waals surface area contributed by atoms with Crippen LogP contribution in [0, 0.1) is 0 Å². The molecule has 1 N–H and O–H groups in total. The number of anilines is 1. The molecule has 0 bridgehead atoms. The van der Waals surface area contributed by atoms with Crippen molar-refractivity contribution in [2.75, 3.05) is 11.6 Å². The van der Waals surface area contributed by atoms with Gasteiger partial charge in [0.05, 0.1) is 11.9 Å². The van der Waals surface area contributed by atoms with Crippen LogP contribution >= 0.6 is 0 Å². The number of fused-ring (bicyclic) bond motifs is 1. The summed E-state index contributed by atoms with van der Waals surface area (Å²) in [6, 6.07) is 7.89. The van der Waals surface area contributed by atoms with Crippen LogP contribution in [0.3, 0.4) is 0 Å². The Kier molecular flexibility index (Phi) is 4.80. The summed E-state index contributed by atoms with van der Waals surface area (Å²) in [4.78, 5) is 12.0. The fraction of sp³-hybridized carbons (Fsp3) is 0.312. The molecule has 0 saturated carbocycles. The second-order valence-corrected chi connectivity index (χ2v) is 7.90. The zero-order valence-electron chi connectivity index (χ0n) is 13.9. The van der Waals surface area contributed by atoms with E-state index < -0.39 is 21.8 Å². The predicted molar refractivity (Wildman–Crippen MR) is 94.7 cm³/mol. The average Bonchev–Trinajstić information content (AvgIpc) is 2.38. The summed E-state index contributed by atoms with van der Waals surface area (Å²) < 4.78 is 32.7. The number of carbonyl (C=O) groups excluding carboxylic acids is 1. The Hall–Kier alpha value is -2.22. The molecular weight excluding hydrogens is 329 g/mol. The summed E-state index contributed by atoms with van der Waals surface area (Å²) in [5, 5.41) is 3.84. The van der Waals surface area contributed by atoms with Crippen LogP contribution in [-0.4, -0.2) is 34.2 Å². The highest BCUT2D eigenvalue weighted by atomic mass is 32.2. The van der Waals surface area contributed by atoms with E-state index in [0.29, 0.717) is 21.9 Å². The number of benzene rings is 2. The largest absolute Gasteiger partial charge is 0.444 e.